The van der Waals surface area contributed by atoms with Gasteiger partial charge in [0, 0.05) is 24.0 Å². The first kappa shape index (κ1) is 27.3. The van der Waals surface area contributed by atoms with Gasteiger partial charge in [0.2, 0.25) is 5.91 Å². The van der Waals surface area contributed by atoms with Crippen molar-refractivity contribution >= 4 is 27.7 Å². The van der Waals surface area contributed by atoms with Crippen LogP contribution in [0.4, 0.5) is 0 Å². The van der Waals surface area contributed by atoms with E-state index in [1.807, 2.05) is 80.6 Å². The van der Waals surface area contributed by atoms with Gasteiger partial charge in [-0.25, -0.2) is 0 Å². The average Bonchev–Trinajstić information content (AvgIpc) is 2.89. The summed E-state index contributed by atoms with van der Waals surface area (Å²) >= 11 is 3.46. The molecule has 0 aliphatic carbocycles. The van der Waals surface area contributed by atoms with Crippen LogP contribution >= 0.6 is 15.9 Å². The standard InChI is InChI=1S/C29H33BrN2O4/c1-21(2)18-31-29(34)25(17-22-9-5-4-6-10-22)32(19-23-13-15-24(30)16-14-23)28(33)20-36-27-12-8-7-11-26(27)35-3/h4-16,21,25H,17-20H2,1-3H3,(H,31,34). The van der Waals surface area contributed by atoms with E-state index < -0.39 is 6.04 Å². The number of carbonyl (C=O) groups excluding carboxylic acids is 2. The van der Waals surface area contributed by atoms with Crippen LogP contribution in [0.3, 0.4) is 0 Å². The third kappa shape index (κ3) is 8.12. The summed E-state index contributed by atoms with van der Waals surface area (Å²) in [6, 6.07) is 23.9. The zero-order valence-corrected chi connectivity index (χ0v) is 22.5. The maximum absolute atomic E-state index is 13.6. The summed E-state index contributed by atoms with van der Waals surface area (Å²) in [4.78, 5) is 28.7. The molecule has 0 saturated carbocycles. The van der Waals surface area contributed by atoms with Gasteiger partial charge in [-0.1, -0.05) is 84.4 Å². The molecule has 3 aromatic rings. The highest BCUT2D eigenvalue weighted by Crippen LogP contribution is 2.26. The minimum atomic E-state index is -0.705. The molecule has 2 amide bonds. The summed E-state index contributed by atoms with van der Waals surface area (Å²) in [5, 5.41) is 3.02. The molecular formula is C29H33BrN2O4. The number of halogens is 1. The lowest BCUT2D eigenvalue weighted by Gasteiger charge is -2.31. The van der Waals surface area contributed by atoms with Crippen molar-refractivity contribution in [2.24, 2.45) is 5.92 Å². The number of hydrogen-bond acceptors (Lipinski definition) is 4. The highest BCUT2D eigenvalue weighted by molar-refractivity contribution is 9.10. The first-order chi connectivity index (χ1) is 17.4. The van der Waals surface area contributed by atoms with E-state index >= 15 is 0 Å². The van der Waals surface area contributed by atoms with E-state index in [1.165, 1.54) is 0 Å². The fraction of sp³-hybridized carbons (Fsp3) is 0.310. The van der Waals surface area contributed by atoms with Crippen molar-refractivity contribution in [3.63, 3.8) is 0 Å². The second-order valence-corrected chi connectivity index (χ2v) is 9.85. The van der Waals surface area contributed by atoms with Gasteiger partial charge in [0.15, 0.2) is 18.1 Å². The summed E-state index contributed by atoms with van der Waals surface area (Å²) in [5.74, 6) is 0.830. The Morgan fingerprint density at radius 1 is 0.889 bits per heavy atom. The van der Waals surface area contributed by atoms with Gasteiger partial charge < -0.3 is 19.7 Å². The number of carbonyl (C=O) groups is 2. The Labute approximate surface area is 221 Å². The van der Waals surface area contributed by atoms with Crippen LogP contribution in [0, 0.1) is 5.92 Å². The molecule has 0 aliphatic heterocycles. The zero-order chi connectivity index (χ0) is 25.9. The Morgan fingerprint density at radius 2 is 1.53 bits per heavy atom. The fourth-order valence-corrected chi connectivity index (χ4v) is 3.99. The van der Waals surface area contributed by atoms with Gasteiger partial charge in [-0.05, 0) is 41.3 Å². The Balaban J connectivity index is 1.90. The van der Waals surface area contributed by atoms with E-state index in [0.29, 0.717) is 24.5 Å². The van der Waals surface area contributed by atoms with Gasteiger partial charge in [-0.3, -0.25) is 9.59 Å². The zero-order valence-electron chi connectivity index (χ0n) is 20.9. The molecule has 0 saturated heterocycles. The summed E-state index contributed by atoms with van der Waals surface area (Å²) < 4.78 is 12.1. The first-order valence-corrected chi connectivity index (χ1v) is 12.8. The average molecular weight is 553 g/mol. The summed E-state index contributed by atoms with van der Waals surface area (Å²) in [6.45, 7) is 4.66. The molecule has 0 heterocycles. The summed E-state index contributed by atoms with van der Waals surface area (Å²) in [5.41, 5.74) is 1.89. The van der Waals surface area contributed by atoms with E-state index in [4.69, 9.17) is 9.47 Å². The smallest absolute Gasteiger partial charge is 0.261 e. The summed E-state index contributed by atoms with van der Waals surface area (Å²) in [6.07, 6.45) is 0.391. The number of nitrogens with zero attached hydrogens (tertiary/aromatic N) is 1. The quantitative estimate of drug-likeness (QED) is 0.333. The van der Waals surface area contributed by atoms with Crippen LogP contribution in [0.15, 0.2) is 83.3 Å². The van der Waals surface area contributed by atoms with Crippen LogP contribution in [0.25, 0.3) is 0 Å². The number of hydrogen-bond donors (Lipinski definition) is 1. The molecule has 1 atom stereocenters. The molecule has 0 fully saturated rings. The van der Waals surface area contributed by atoms with Crippen LogP contribution in [0.2, 0.25) is 0 Å². The second-order valence-electron chi connectivity index (χ2n) is 8.93. The number of nitrogens with one attached hydrogen (secondary N) is 1. The first-order valence-electron chi connectivity index (χ1n) is 12.0. The predicted molar refractivity (Wildman–Crippen MR) is 145 cm³/mol. The number of ether oxygens (including phenoxy) is 2. The van der Waals surface area contributed by atoms with Crippen LogP contribution in [0.1, 0.15) is 25.0 Å². The maximum Gasteiger partial charge on any atom is 0.261 e. The molecule has 0 spiro atoms. The molecule has 6 nitrogen and oxygen atoms in total. The SMILES string of the molecule is COc1ccccc1OCC(=O)N(Cc1ccc(Br)cc1)C(Cc1ccccc1)C(=O)NCC(C)C. The van der Waals surface area contributed by atoms with Crippen LogP contribution in [-0.4, -0.2) is 43.0 Å². The van der Waals surface area contributed by atoms with Crippen molar-refractivity contribution in [1.29, 1.82) is 0 Å². The van der Waals surface area contributed by atoms with Crippen LogP contribution in [-0.2, 0) is 22.6 Å². The van der Waals surface area contributed by atoms with Gasteiger partial charge in [-0.2, -0.15) is 0 Å². The van der Waals surface area contributed by atoms with E-state index in [2.05, 4.69) is 21.2 Å². The molecule has 3 rings (SSSR count). The van der Waals surface area contributed by atoms with Crippen molar-refractivity contribution < 1.29 is 19.1 Å². The largest absolute Gasteiger partial charge is 0.493 e. The van der Waals surface area contributed by atoms with Gasteiger partial charge >= 0.3 is 0 Å². The number of amides is 2. The van der Waals surface area contributed by atoms with Crippen molar-refractivity contribution in [1.82, 2.24) is 10.2 Å². The van der Waals surface area contributed by atoms with Crippen molar-refractivity contribution in [3.8, 4) is 11.5 Å². The van der Waals surface area contributed by atoms with Gasteiger partial charge in [0.25, 0.3) is 5.91 Å². The highest BCUT2D eigenvalue weighted by Gasteiger charge is 2.31. The molecule has 0 aliphatic rings. The normalized spacial score (nSPS) is 11.6. The minimum absolute atomic E-state index is 0.185. The Kier molecular flexibility index (Phi) is 10.4. The Hall–Kier alpha value is -3.32. The topological polar surface area (TPSA) is 67.9 Å². The summed E-state index contributed by atoms with van der Waals surface area (Å²) in [7, 11) is 1.55. The lowest BCUT2D eigenvalue weighted by atomic mass is 10.0. The molecule has 0 radical (unpaired) electrons. The van der Waals surface area contributed by atoms with E-state index in [9.17, 15) is 9.59 Å². The van der Waals surface area contributed by atoms with E-state index in [0.717, 1.165) is 15.6 Å². The number of para-hydroxylation sites is 2. The van der Waals surface area contributed by atoms with Gasteiger partial charge in [0.1, 0.15) is 6.04 Å². The van der Waals surface area contributed by atoms with E-state index in [-0.39, 0.29) is 30.9 Å². The molecule has 36 heavy (non-hydrogen) atoms. The Morgan fingerprint density at radius 3 is 2.17 bits per heavy atom. The van der Waals surface area contributed by atoms with Crippen molar-refractivity contribution in [2.75, 3.05) is 20.3 Å². The minimum Gasteiger partial charge on any atom is -0.493 e. The van der Waals surface area contributed by atoms with Crippen LogP contribution in [0.5, 0.6) is 11.5 Å². The van der Waals surface area contributed by atoms with Gasteiger partial charge in [0.05, 0.1) is 7.11 Å². The van der Waals surface area contributed by atoms with Crippen molar-refractivity contribution in [3.05, 3.63) is 94.5 Å². The fourth-order valence-electron chi connectivity index (χ4n) is 3.72. The lowest BCUT2D eigenvalue weighted by molar-refractivity contribution is -0.142. The number of methoxy groups -OCH3 is 1. The van der Waals surface area contributed by atoms with Crippen LogP contribution < -0.4 is 14.8 Å². The second kappa shape index (κ2) is 13.7. The third-order valence-corrected chi connectivity index (χ3v) is 6.17. The monoisotopic (exact) mass is 552 g/mol. The van der Waals surface area contributed by atoms with E-state index in [1.54, 1.807) is 24.1 Å². The highest BCUT2D eigenvalue weighted by atomic mass is 79.9. The number of rotatable bonds is 12. The molecular weight excluding hydrogens is 520 g/mol. The number of benzene rings is 3. The lowest BCUT2D eigenvalue weighted by Crippen LogP contribution is -2.52. The molecule has 0 bridgehead atoms. The predicted octanol–water partition coefficient (Wildman–Crippen LogP) is 5.25. The maximum atomic E-state index is 13.6. The molecule has 3 aromatic carbocycles. The third-order valence-electron chi connectivity index (χ3n) is 5.64. The molecule has 0 aromatic heterocycles. The molecule has 1 unspecified atom stereocenters. The molecule has 190 valence electrons. The van der Waals surface area contributed by atoms with Gasteiger partial charge in [-0.15, -0.1) is 0 Å². The Bertz CT molecular complexity index is 1120. The van der Waals surface area contributed by atoms with Crippen molar-refractivity contribution in [2.45, 2.75) is 32.9 Å². The molecule has 1 N–H and O–H groups in total. The molecule has 7 heteroatoms.